The summed E-state index contributed by atoms with van der Waals surface area (Å²) in [6.45, 7) is 0. The molecule has 0 unspecified atom stereocenters. The summed E-state index contributed by atoms with van der Waals surface area (Å²) in [5.41, 5.74) is 0. The first-order valence-electron chi connectivity index (χ1n) is 1.91. The van der Waals surface area contributed by atoms with Crippen LogP contribution in [0.3, 0.4) is 0 Å². The van der Waals surface area contributed by atoms with Crippen molar-refractivity contribution in [3.63, 3.8) is 0 Å². The molecule has 0 aromatic rings. The molecule has 1 heterocycles. The van der Waals surface area contributed by atoms with Crippen LogP contribution < -0.4 is 0 Å². The Hall–Kier alpha value is 0.170. The van der Waals surface area contributed by atoms with Crippen LogP contribution in [-0.2, 0) is 27.5 Å². The molecule has 1 fully saturated rings. The largest absolute Gasteiger partial charge is 0.297 e. The van der Waals surface area contributed by atoms with Crippen molar-refractivity contribution >= 4 is 32.6 Å². The van der Waals surface area contributed by atoms with Gasteiger partial charge in [-0.2, -0.15) is 24.1 Å². The Balaban J connectivity index is 2.97. The van der Waals surface area contributed by atoms with Crippen LogP contribution in [0.25, 0.3) is 0 Å². The van der Waals surface area contributed by atoms with Crippen LogP contribution in [0.15, 0.2) is 0 Å². The van der Waals surface area contributed by atoms with Crippen LogP contribution in [0.5, 0.6) is 0 Å². The second-order valence-electron chi connectivity index (χ2n) is 1.44. The molecule has 0 saturated carbocycles. The van der Waals surface area contributed by atoms with Crippen molar-refractivity contribution in [1.29, 1.82) is 0 Å². The Morgan fingerprint density at radius 3 is 1.60 bits per heavy atom. The van der Waals surface area contributed by atoms with Gasteiger partial charge in [-0.3, -0.25) is 0 Å². The molecule has 1 aliphatic rings. The van der Waals surface area contributed by atoms with E-state index in [1.54, 1.807) is 0 Å². The average Bonchev–Trinajstić information content (AvgIpc) is 1.56. The average molecular weight is 206 g/mol. The highest BCUT2D eigenvalue weighted by Gasteiger charge is 2.31. The Kier molecular flexibility index (Phi) is 1.94. The summed E-state index contributed by atoms with van der Waals surface area (Å²) in [6.07, 6.45) is 0. The van der Waals surface area contributed by atoms with Crippen LogP contribution in [0.2, 0.25) is 0 Å². The van der Waals surface area contributed by atoms with Gasteiger partial charge >= 0.3 is 0 Å². The van der Waals surface area contributed by atoms with Gasteiger partial charge in [0.25, 0.3) is 20.2 Å². The van der Waals surface area contributed by atoms with Crippen LogP contribution in [-0.4, -0.2) is 21.9 Å². The molecule has 0 N–H and O–H groups in total. The molecule has 1 rings (SSSR count). The first-order valence-corrected chi connectivity index (χ1v) is 5.73. The van der Waals surface area contributed by atoms with Crippen molar-refractivity contribution in [2.45, 2.75) is 0 Å². The molecule has 60 valence electrons. The normalized spacial score (nSPS) is 29.6. The number of hydrogen-bond donors (Lipinski definition) is 0. The van der Waals surface area contributed by atoms with Gasteiger partial charge in [0, 0.05) is 0 Å². The maximum Gasteiger partial charge on any atom is 0.297 e. The third kappa shape index (κ3) is 2.09. The van der Waals surface area contributed by atoms with Gasteiger partial charge in [0.2, 0.25) is 5.08 Å². The van der Waals surface area contributed by atoms with Crippen LogP contribution in [0.1, 0.15) is 0 Å². The van der Waals surface area contributed by atoms with Crippen molar-refractivity contribution < 1.29 is 24.1 Å². The van der Waals surface area contributed by atoms with Crippen molar-refractivity contribution in [3.05, 3.63) is 0 Å². The Labute approximate surface area is 62.2 Å². The summed E-state index contributed by atoms with van der Waals surface area (Å²) >= 11 is -0.0671. The summed E-state index contributed by atoms with van der Waals surface area (Å²) < 4.78 is 49.2. The van der Waals surface area contributed by atoms with E-state index in [9.17, 15) is 16.8 Å². The minimum atomic E-state index is -3.94. The van der Waals surface area contributed by atoms with E-state index in [-0.39, 0.29) is 12.3 Å². The lowest BCUT2D eigenvalue weighted by atomic mass is 11.9. The van der Waals surface area contributed by atoms with Gasteiger partial charge in [-0.15, -0.1) is 0 Å². The lowest BCUT2D eigenvalue weighted by Crippen LogP contribution is -2.21. The van der Waals surface area contributed by atoms with Crippen LogP contribution in [0, 0.1) is 0 Å². The maximum absolute atomic E-state index is 10.4. The molecule has 6 nitrogen and oxygen atoms in total. The summed E-state index contributed by atoms with van der Waals surface area (Å²) in [5, 5.41) is -1.12. The molecular weight excluding hydrogens is 204 g/mol. The topological polar surface area (TPSA) is 86.7 Å². The SMILES string of the molecule is O=S1(=O)CS(=O)(=O)OSO1. The van der Waals surface area contributed by atoms with Gasteiger partial charge in [0.1, 0.15) is 0 Å². The number of rotatable bonds is 0. The van der Waals surface area contributed by atoms with Gasteiger partial charge in [-0.25, -0.2) is 0 Å². The van der Waals surface area contributed by atoms with E-state index in [4.69, 9.17) is 0 Å². The molecule has 0 atom stereocenters. The maximum atomic E-state index is 10.4. The lowest BCUT2D eigenvalue weighted by molar-refractivity contribution is 0.463. The van der Waals surface area contributed by atoms with Gasteiger partial charge in [-0.1, -0.05) is 0 Å². The molecule has 1 saturated heterocycles. The standard InChI is InChI=1S/CH2O6S3/c2-9(3)1-10(4,5)7-8-6-9/h1H2. The number of hydrogen-bond acceptors (Lipinski definition) is 7. The molecule has 0 aliphatic carbocycles. The summed E-state index contributed by atoms with van der Waals surface area (Å²) in [7, 11) is -7.88. The fourth-order valence-electron chi connectivity index (χ4n) is 0.312. The van der Waals surface area contributed by atoms with E-state index >= 15 is 0 Å². The lowest BCUT2D eigenvalue weighted by Gasteiger charge is -2.08. The summed E-state index contributed by atoms with van der Waals surface area (Å²) in [5.74, 6) is 0. The quantitative estimate of drug-likeness (QED) is 0.480. The summed E-state index contributed by atoms with van der Waals surface area (Å²) in [4.78, 5) is 0. The van der Waals surface area contributed by atoms with Crippen molar-refractivity contribution in [2.24, 2.45) is 0 Å². The van der Waals surface area contributed by atoms with Gasteiger partial charge < -0.3 is 0 Å². The Morgan fingerprint density at radius 2 is 1.40 bits per heavy atom. The zero-order valence-electron chi connectivity index (χ0n) is 4.38. The van der Waals surface area contributed by atoms with Crippen molar-refractivity contribution in [2.75, 3.05) is 5.08 Å². The fourth-order valence-corrected chi connectivity index (χ4v) is 3.72. The van der Waals surface area contributed by atoms with E-state index in [0.29, 0.717) is 0 Å². The molecule has 0 spiro atoms. The van der Waals surface area contributed by atoms with E-state index in [1.807, 2.05) is 0 Å². The van der Waals surface area contributed by atoms with E-state index in [2.05, 4.69) is 7.26 Å². The molecule has 0 radical (unpaired) electrons. The van der Waals surface area contributed by atoms with E-state index in [1.165, 1.54) is 0 Å². The summed E-state index contributed by atoms with van der Waals surface area (Å²) in [6, 6.07) is 0. The van der Waals surface area contributed by atoms with Crippen molar-refractivity contribution in [1.82, 2.24) is 0 Å². The van der Waals surface area contributed by atoms with Crippen molar-refractivity contribution in [3.8, 4) is 0 Å². The predicted molar refractivity (Wildman–Crippen MR) is 32.5 cm³/mol. The van der Waals surface area contributed by atoms with Gasteiger partial charge in [-0.05, 0) is 0 Å². The van der Waals surface area contributed by atoms with E-state index in [0.717, 1.165) is 0 Å². The third-order valence-corrected chi connectivity index (χ3v) is 4.96. The monoisotopic (exact) mass is 206 g/mol. The Bertz CT molecular complexity index is 275. The fraction of sp³-hybridized carbons (Fsp3) is 1.00. The smallest absolute Gasteiger partial charge is 0.197 e. The molecule has 0 aromatic carbocycles. The highest BCUT2D eigenvalue weighted by molar-refractivity contribution is 8.16. The molecule has 10 heavy (non-hydrogen) atoms. The first kappa shape index (κ1) is 8.27. The van der Waals surface area contributed by atoms with Crippen LogP contribution >= 0.6 is 12.3 Å². The molecule has 1 aliphatic heterocycles. The zero-order chi connectivity index (χ0) is 7.83. The molecule has 9 heteroatoms. The molecular formula is CH2O6S3. The predicted octanol–water partition coefficient (Wildman–Crippen LogP) is -0.786. The minimum Gasteiger partial charge on any atom is -0.197 e. The first-order chi connectivity index (χ1) is 4.41. The zero-order valence-corrected chi connectivity index (χ0v) is 6.83. The van der Waals surface area contributed by atoms with E-state index < -0.39 is 25.3 Å². The van der Waals surface area contributed by atoms with Crippen LogP contribution in [0.4, 0.5) is 0 Å². The highest BCUT2D eigenvalue weighted by atomic mass is 32.3. The Morgan fingerprint density at radius 1 is 1.00 bits per heavy atom. The van der Waals surface area contributed by atoms with Gasteiger partial charge in [0.15, 0.2) is 12.3 Å². The van der Waals surface area contributed by atoms with Gasteiger partial charge in [0.05, 0.1) is 0 Å². The molecule has 0 amide bonds. The second kappa shape index (κ2) is 2.34. The highest BCUT2D eigenvalue weighted by Crippen LogP contribution is 2.22. The molecule has 0 bridgehead atoms. The molecule has 0 aromatic heterocycles. The third-order valence-electron chi connectivity index (χ3n) is 0.552. The second-order valence-corrected chi connectivity index (χ2v) is 5.84. The minimum absolute atomic E-state index is 0.0671.